The van der Waals surface area contributed by atoms with Crippen molar-refractivity contribution < 1.29 is 4.42 Å². The van der Waals surface area contributed by atoms with Crippen molar-refractivity contribution in [3.05, 3.63) is 176 Å². The molecule has 3 heteroatoms. The quantitative estimate of drug-likeness (QED) is 0.186. The summed E-state index contributed by atoms with van der Waals surface area (Å²) in [5, 5.41) is 7.33. The molecule has 0 radical (unpaired) electrons. The lowest BCUT2D eigenvalue weighted by Crippen LogP contribution is -2.10. The number of para-hydroxylation sites is 1. The van der Waals surface area contributed by atoms with Gasteiger partial charge >= 0.3 is 0 Å². The molecule has 0 N–H and O–H groups in total. The van der Waals surface area contributed by atoms with Crippen molar-refractivity contribution in [2.75, 3.05) is 4.90 Å². The third-order valence-electron chi connectivity index (χ3n) is 9.66. The van der Waals surface area contributed by atoms with Gasteiger partial charge in [0.15, 0.2) is 0 Å². The Balaban J connectivity index is 1.15. The topological polar surface area (TPSA) is 16.4 Å². The van der Waals surface area contributed by atoms with E-state index in [9.17, 15) is 0 Å². The summed E-state index contributed by atoms with van der Waals surface area (Å²) in [6.07, 6.45) is 0. The van der Waals surface area contributed by atoms with Crippen molar-refractivity contribution in [1.29, 1.82) is 0 Å². The average molecular weight is 644 g/mol. The van der Waals surface area contributed by atoms with Gasteiger partial charge in [0.05, 0.1) is 11.1 Å². The predicted molar refractivity (Wildman–Crippen MR) is 210 cm³/mol. The number of anilines is 3. The van der Waals surface area contributed by atoms with Crippen molar-refractivity contribution in [2.45, 2.75) is 0 Å². The van der Waals surface area contributed by atoms with E-state index >= 15 is 0 Å². The van der Waals surface area contributed by atoms with E-state index in [1.165, 1.54) is 53.2 Å². The van der Waals surface area contributed by atoms with Crippen molar-refractivity contribution >= 4 is 81.3 Å². The molecule has 2 aromatic heterocycles. The highest BCUT2D eigenvalue weighted by Crippen LogP contribution is 2.44. The molecule has 0 unspecified atom stereocenters. The van der Waals surface area contributed by atoms with Crippen LogP contribution in [0.25, 0.3) is 75.1 Å². The molecule has 0 aliphatic rings. The highest BCUT2D eigenvalue weighted by molar-refractivity contribution is 7.25. The van der Waals surface area contributed by atoms with E-state index in [0.29, 0.717) is 0 Å². The van der Waals surface area contributed by atoms with Gasteiger partial charge in [0.1, 0.15) is 11.2 Å². The SMILES string of the molecule is c1cc(-c2ccc3sc4ccccc4c3c2)cc(N(c2ccc(-c3cccc4ccccc34)cc2)c2cccc3oc4ccccc4c23)c1. The van der Waals surface area contributed by atoms with Crippen LogP contribution in [-0.2, 0) is 0 Å². The lowest BCUT2D eigenvalue weighted by molar-refractivity contribution is 0.669. The maximum absolute atomic E-state index is 6.37. The van der Waals surface area contributed by atoms with Gasteiger partial charge in [-0.1, -0.05) is 115 Å². The molecule has 2 nitrogen and oxygen atoms in total. The Bertz CT molecular complexity index is 2840. The normalized spacial score (nSPS) is 11.7. The van der Waals surface area contributed by atoms with Gasteiger partial charge in [0.25, 0.3) is 0 Å². The second-order valence-corrected chi connectivity index (χ2v) is 13.6. The highest BCUT2D eigenvalue weighted by atomic mass is 32.1. The first-order valence-corrected chi connectivity index (χ1v) is 17.4. The molecule has 49 heavy (non-hydrogen) atoms. The Kier molecular flexibility index (Phi) is 6.39. The Morgan fingerprint density at radius 1 is 0.408 bits per heavy atom. The Labute approximate surface area is 287 Å². The summed E-state index contributed by atoms with van der Waals surface area (Å²) in [4.78, 5) is 2.37. The number of hydrogen-bond acceptors (Lipinski definition) is 3. The van der Waals surface area contributed by atoms with Gasteiger partial charge in [0, 0.05) is 36.9 Å². The van der Waals surface area contributed by atoms with Gasteiger partial charge in [-0.05, 0) is 93.7 Å². The summed E-state index contributed by atoms with van der Waals surface area (Å²) in [5.74, 6) is 0. The maximum atomic E-state index is 6.37. The Morgan fingerprint density at radius 2 is 1.08 bits per heavy atom. The number of thiophene rings is 1. The fraction of sp³-hybridized carbons (Fsp3) is 0. The second kappa shape index (κ2) is 11.2. The maximum Gasteiger partial charge on any atom is 0.137 e. The predicted octanol–water partition coefficient (Wildman–Crippen LogP) is 13.9. The van der Waals surface area contributed by atoms with Crippen LogP contribution in [0, 0.1) is 0 Å². The van der Waals surface area contributed by atoms with Crippen LogP contribution in [0.1, 0.15) is 0 Å². The van der Waals surface area contributed by atoms with E-state index in [2.05, 4.69) is 169 Å². The third kappa shape index (κ3) is 4.62. The first kappa shape index (κ1) is 27.9. The largest absolute Gasteiger partial charge is 0.456 e. The molecule has 2 heterocycles. The fourth-order valence-electron chi connectivity index (χ4n) is 7.37. The molecule has 10 aromatic rings. The summed E-state index contributed by atoms with van der Waals surface area (Å²) in [7, 11) is 0. The fourth-order valence-corrected chi connectivity index (χ4v) is 8.45. The van der Waals surface area contributed by atoms with Gasteiger partial charge in [-0.3, -0.25) is 0 Å². The molecule has 10 rings (SSSR count). The number of benzene rings is 8. The number of fused-ring (bicyclic) bond motifs is 7. The average Bonchev–Trinajstić information content (AvgIpc) is 3.74. The van der Waals surface area contributed by atoms with E-state index in [1.54, 1.807) is 0 Å². The standard InChI is InChI=1S/C46H29NOS/c1-2-14-36-30(10-1)11-8-17-37(36)31-22-25-34(26-23-31)47(41-18-9-20-43-46(41)39-16-3-5-19-42(39)48-43)35-13-7-12-32(28-35)33-24-27-45-40(29-33)38-15-4-6-21-44(38)49-45/h1-29H. The molecule has 0 aliphatic heterocycles. The van der Waals surface area contributed by atoms with Crippen molar-refractivity contribution in [2.24, 2.45) is 0 Å². The zero-order valence-corrected chi connectivity index (χ0v) is 27.3. The lowest BCUT2D eigenvalue weighted by atomic mass is 9.98. The van der Waals surface area contributed by atoms with Gasteiger partial charge in [0.2, 0.25) is 0 Å². The number of nitrogens with zero attached hydrogens (tertiary/aromatic N) is 1. The van der Waals surface area contributed by atoms with Crippen LogP contribution >= 0.6 is 11.3 Å². The van der Waals surface area contributed by atoms with Crippen LogP contribution in [0.15, 0.2) is 180 Å². The smallest absolute Gasteiger partial charge is 0.137 e. The first-order chi connectivity index (χ1) is 24.3. The molecule has 0 atom stereocenters. The van der Waals surface area contributed by atoms with Gasteiger partial charge in [-0.25, -0.2) is 0 Å². The first-order valence-electron chi connectivity index (χ1n) is 16.6. The minimum absolute atomic E-state index is 0.877. The van der Waals surface area contributed by atoms with Crippen molar-refractivity contribution in [1.82, 2.24) is 0 Å². The monoisotopic (exact) mass is 643 g/mol. The Morgan fingerprint density at radius 3 is 2.00 bits per heavy atom. The summed E-state index contributed by atoms with van der Waals surface area (Å²) < 4.78 is 9.00. The molecule has 0 spiro atoms. The molecule has 8 aromatic carbocycles. The lowest BCUT2D eigenvalue weighted by Gasteiger charge is -2.27. The van der Waals surface area contributed by atoms with Crippen LogP contribution < -0.4 is 4.90 Å². The third-order valence-corrected chi connectivity index (χ3v) is 10.8. The van der Waals surface area contributed by atoms with E-state index < -0.39 is 0 Å². The van der Waals surface area contributed by atoms with E-state index in [-0.39, 0.29) is 0 Å². The molecule has 230 valence electrons. The second-order valence-electron chi connectivity index (χ2n) is 12.5. The molecule has 0 fully saturated rings. The van der Waals surface area contributed by atoms with Crippen LogP contribution in [0.3, 0.4) is 0 Å². The number of hydrogen-bond donors (Lipinski definition) is 0. The molecule has 0 saturated heterocycles. The summed E-state index contributed by atoms with van der Waals surface area (Å²) in [5.41, 5.74) is 9.82. The molecule has 0 bridgehead atoms. The van der Waals surface area contributed by atoms with E-state index in [0.717, 1.165) is 39.0 Å². The molecular formula is C46H29NOS. The van der Waals surface area contributed by atoms with Gasteiger partial charge in [-0.15, -0.1) is 11.3 Å². The molecular weight excluding hydrogens is 615 g/mol. The summed E-state index contributed by atoms with van der Waals surface area (Å²) >= 11 is 1.85. The number of furan rings is 1. The summed E-state index contributed by atoms with van der Waals surface area (Å²) in [6.45, 7) is 0. The molecule has 0 saturated carbocycles. The van der Waals surface area contributed by atoms with Gasteiger partial charge < -0.3 is 9.32 Å². The zero-order valence-electron chi connectivity index (χ0n) is 26.5. The van der Waals surface area contributed by atoms with Crippen molar-refractivity contribution in [3.8, 4) is 22.3 Å². The van der Waals surface area contributed by atoms with Gasteiger partial charge in [-0.2, -0.15) is 0 Å². The molecule has 0 amide bonds. The Hall–Kier alpha value is -6.16. The number of rotatable bonds is 5. The minimum atomic E-state index is 0.877. The highest BCUT2D eigenvalue weighted by Gasteiger charge is 2.20. The van der Waals surface area contributed by atoms with Crippen molar-refractivity contribution in [3.63, 3.8) is 0 Å². The van der Waals surface area contributed by atoms with Crippen LogP contribution in [0.2, 0.25) is 0 Å². The van der Waals surface area contributed by atoms with E-state index in [4.69, 9.17) is 4.42 Å². The van der Waals surface area contributed by atoms with Crippen LogP contribution in [0.4, 0.5) is 17.1 Å². The summed E-state index contributed by atoms with van der Waals surface area (Å²) in [6, 6.07) is 63.3. The molecule has 0 aliphatic carbocycles. The van der Waals surface area contributed by atoms with Crippen LogP contribution in [0.5, 0.6) is 0 Å². The zero-order chi connectivity index (χ0) is 32.3. The van der Waals surface area contributed by atoms with Crippen LogP contribution in [-0.4, -0.2) is 0 Å². The minimum Gasteiger partial charge on any atom is -0.456 e. The van der Waals surface area contributed by atoms with E-state index in [1.807, 2.05) is 23.5 Å².